The lowest BCUT2D eigenvalue weighted by Crippen LogP contribution is -2.07. The van der Waals surface area contributed by atoms with Gasteiger partial charge >= 0.3 is 18.0 Å². The van der Waals surface area contributed by atoms with Gasteiger partial charge in [-0.15, -0.1) is 29.9 Å². The molecule has 0 unspecified atom stereocenters. The number of unbranched alkanes of at least 4 members (excludes halogenated alkanes) is 6. The average Bonchev–Trinajstić information content (AvgIpc) is 3.31. The highest BCUT2D eigenvalue weighted by Gasteiger charge is 2.14. The minimum Gasteiger partial charge on any atom is -0.505 e. The van der Waals surface area contributed by atoms with Crippen molar-refractivity contribution >= 4 is 22.6 Å². The van der Waals surface area contributed by atoms with Gasteiger partial charge in [0.1, 0.15) is 28.2 Å². The predicted octanol–water partition coefficient (Wildman–Crippen LogP) is 6.68. The number of nitrogens with zero attached hydrogens (tertiary/aromatic N) is 6. The van der Waals surface area contributed by atoms with Crippen molar-refractivity contribution in [3.05, 3.63) is 41.4 Å². The number of fused-ring (bicyclic) bond motifs is 1. The first-order valence-electron chi connectivity index (χ1n) is 13.1. The van der Waals surface area contributed by atoms with E-state index in [0.29, 0.717) is 40.7 Å². The van der Waals surface area contributed by atoms with Crippen molar-refractivity contribution in [3.8, 4) is 35.2 Å². The van der Waals surface area contributed by atoms with Gasteiger partial charge in [0, 0.05) is 11.1 Å². The molecule has 0 bridgehead atoms. The van der Waals surface area contributed by atoms with Crippen molar-refractivity contribution < 1.29 is 19.3 Å². The summed E-state index contributed by atoms with van der Waals surface area (Å²) in [4.78, 5) is 14.2. The van der Waals surface area contributed by atoms with Crippen LogP contribution in [0.15, 0.2) is 36.4 Å². The normalized spacial score (nSPS) is 11.1. The number of ether oxygens (including phenoxy) is 3. The van der Waals surface area contributed by atoms with Crippen molar-refractivity contribution in [1.29, 1.82) is 0 Å². The molecule has 11 heteroatoms. The van der Waals surface area contributed by atoms with Crippen LogP contribution in [0.25, 0.3) is 16.7 Å². The Morgan fingerprint density at radius 1 is 0.737 bits per heavy atom. The number of hydrogen-bond acceptors (Lipinski definition) is 9. The first kappa shape index (κ1) is 27.4. The SMILES string of the molecule is CCCCCCOc1nc(OCCCCCC)nc(Oc2ccc(-n3nc4ccc(Cl)cc4n3)c(O)c2)n1. The molecule has 2 aromatic carbocycles. The van der Waals surface area contributed by atoms with Crippen LogP contribution in [0.2, 0.25) is 5.02 Å². The van der Waals surface area contributed by atoms with E-state index < -0.39 is 0 Å². The summed E-state index contributed by atoms with van der Waals surface area (Å²) in [6, 6.07) is 10.3. The zero-order chi connectivity index (χ0) is 26.7. The molecule has 0 spiro atoms. The van der Waals surface area contributed by atoms with E-state index in [1.807, 2.05) is 0 Å². The Morgan fingerprint density at radius 2 is 1.37 bits per heavy atom. The molecule has 0 saturated heterocycles. The van der Waals surface area contributed by atoms with E-state index in [2.05, 4.69) is 39.0 Å². The zero-order valence-corrected chi connectivity index (χ0v) is 22.5. The molecular formula is C27H33ClN6O4. The van der Waals surface area contributed by atoms with Crippen LogP contribution in [0, 0.1) is 0 Å². The van der Waals surface area contributed by atoms with Crippen LogP contribution in [0.4, 0.5) is 0 Å². The van der Waals surface area contributed by atoms with Gasteiger partial charge < -0.3 is 19.3 Å². The third-order valence-corrected chi connectivity index (χ3v) is 5.98. The van der Waals surface area contributed by atoms with Gasteiger partial charge in [-0.3, -0.25) is 0 Å². The molecule has 0 atom stereocenters. The minimum atomic E-state index is -0.0808. The van der Waals surface area contributed by atoms with Crippen LogP contribution in [-0.2, 0) is 0 Å². The molecule has 2 heterocycles. The Kier molecular flexibility index (Phi) is 9.91. The van der Waals surface area contributed by atoms with Gasteiger partial charge in [-0.25, -0.2) is 0 Å². The minimum absolute atomic E-state index is 0.0110. The molecule has 0 saturated carbocycles. The van der Waals surface area contributed by atoms with Crippen molar-refractivity contribution in [2.45, 2.75) is 65.2 Å². The number of halogens is 1. The maximum Gasteiger partial charge on any atom is 0.331 e. The quantitative estimate of drug-likeness (QED) is 0.165. The second kappa shape index (κ2) is 13.8. The number of aromatic hydroxyl groups is 1. The second-order valence-corrected chi connectivity index (χ2v) is 9.31. The van der Waals surface area contributed by atoms with Gasteiger partial charge in [0.25, 0.3) is 0 Å². The Bertz CT molecular complexity index is 1300. The molecule has 10 nitrogen and oxygen atoms in total. The Balaban J connectivity index is 1.48. The summed E-state index contributed by atoms with van der Waals surface area (Å²) in [5.74, 6) is 0.239. The van der Waals surface area contributed by atoms with Crippen LogP contribution >= 0.6 is 11.6 Å². The molecule has 0 amide bonds. The lowest BCUT2D eigenvalue weighted by Gasteiger charge is -2.11. The lowest BCUT2D eigenvalue weighted by molar-refractivity contribution is 0.245. The van der Waals surface area contributed by atoms with Crippen LogP contribution in [0.1, 0.15) is 65.2 Å². The highest BCUT2D eigenvalue weighted by Crippen LogP contribution is 2.30. The van der Waals surface area contributed by atoms with Crippen LogP contribution < -0.4 is 14.2 Å². The Labute approximate surface area is 226 Å². The molecule has 0 aliphatic carbocycles. The second-order valence-electron chi connectivity index (χ2n) is 8.88. The molecule has 0 fully saturated rings. The largest absolute Gasteiger partial charge is 0.505 e. The van der Waals surface area contributed by atoms with Crippen LogP contribution in [-0.4, -0.2) is 48.3 Å². The number of phenolic OH excluding ortho intramolecular Hbond substituents is 1. The first-order chi connectivity index (χ1) is 18.6. The van der Waals surface area contributed by atoms with Crippen molar-refractivity contribution in [1.82, 2.24) is 29.9 Å². The molecule has 4 rings (SSSR count). The van der Waals surface area contributed by atoms with Crippen LogP contribution in [0.5, 0.6) is 29.5 Å². The summed E-state index contributed by atoms with van der Waals surface area (Å²) in [7, 11) is 0. The number of rotatable bonds is 15. The fourth-order valence-electron chi connectivity index (χ4n) is 3.72. The molecular weight excluding hydrogens is 508 g/mol. The fraction of sp³-hybridized carbons (Fsp3) is 0.444. The highest BCUT2D eigenvalue weighted by atomic mass is 35.5. The van der Waals surface area contributed by atoms with Gasteiger partial charge in [-0.05, 0) is 43.2 Å². The predicted molar refractivity (Wildman–Crippen MR) is 145 cm³/mol. The fourth-order valence-corrected chi connectivity index (χ4v) is 3.88. The first-order valence-corrected chi connectivity index (χ1v) is 13.5. The molecule has 2 aromatic heterocycles. The third kappa shape index (κ3) is 7.67. The number of aromatic nitrogens is 6. The van der Waals surface area contributed by atoms with Gasteiger partial charge in [-0.2, -0.15) is 0 Å². The summed E-state index contributed by atoms with van der Waals surface area (Å²) >= 11 is 6.04. The lowest BCUT2D eigenvalue weighted by atomic mass is 10.2. The topological polar surface area (TPSA) is 117 Å². The number of phenols is 1. The number of benzene rings is 2. The van der Waals surface area contributed by atoms with Gasteiger partial charge in [0.05, 0.1) is 13.2 Å². The van der Waals surface area contributed by atoms with Crippen LogP contribution in [0.3, 0.4) is 0 Å². The summed E-state index contributed by atoms with van der Waals surface area (Å²) in [6.45, 7) is 5.31. The maximum absolute atomic E-state index is 10.7. The van der Waals surface area contributed by atoms with E-state index in [-0.39, 0.29) is 23.8 Å². The summed E-state index contributed by atoms with van der Waals surface area (Å²) in [5, 5.41) is 20.0. The van der Waals surface area contributed by atoms with E-state index in [1.54, 1.807) is 30.3 Å². The zero-order valence-electron chi connectivity index (χ0n) is 21.8. The van der Waals surface area contributed by atoms with E-state index >= 15 is 0 Å². The molecule has 0 aliphatic heterocycles. The van der Waals surface area contributed by atoms with Gasteiger partial charge in [0.15, 0.2) is 0 Å². The van der Waals surface area contributed by atoms with Gasteiger partial charge in [0.2, 0.25) is 0 Å². The summed E-state index contributed by atoms with van der Waals surface area (Å²) in [6.07, 6.45) is 8.55. The summed E-state index contributed by atoms with van der Waals surface area (Å²) < 4.78 is 17.4. The van der Waals surface area contributed by atoms with Crippen molar-refractivity contribution in [3.63, 3.8) is 0 Å². The van der Waals surface area contributed by atoms with Crippen molar-refractivity contribution in [2.24, 2.45) is 0 Å². The van der Waals surface area contributed by atoms with E-state index in [4.69, 9.17) is 25.8 Å². The maximum atomic E-state index is 10.7. The van der Waals surface area contributed by atoms with Gasteiger partial charge in [-0.1, -0.05) is 64.0 Å². The monoisotopic (exact) mass is 540 g/mol. The molecule has 202 valence electrons. The Morgan fingerprint density at radius 3 is 2.00 bits per heavy atom. The van der Waals surface area contributed by atoms with E-state index in [9.17, 15) is 5.11 Å². The molecule has 0 aliphatic rings. The number of hydrogen-bond donors (Lipinski definition) is 1. The smallest absolute Gasteiger partial charge is 0.331 e. The molecule has 38 heavy (non-hydrogen) atoms. The standard InChI is InChI=1S/C27H33ClN6O4/c1-3-5-7-9-15-36-25-29-26(37-16-10-8-6-4-2)31-27(30-25)38-20-12-14-23(24(35)18-20)34-32-21-13-11-19(28)17-22(21)33-34/h11-14,17-18,35H,3-10,15-16H2,1-2H3. The van der Waals surface area contributed by atoms with Crippen molar-refractivity contribution in [2.75, 3.05) is 13.2 Å². The molecule has 4 aromatic rings. The molecule has 0 radical (unpaired) electrons. The highest BCUT2D eigenvalue weighted by molar-refractivity contribution is 6.31. The van der Waals surface area contributed by atoms with E-state index in [1.165, 1.54) is 10.9 Å². The third-order valence-electron chi connectivity index (χ3n) is 5.75. The Hall–Kier alpha value is -3.66. The average molecular weight is 541 g/mol. The molecule has 1 N–H and O–H groups in total. The summed E-state index contributed by atoms with van der Waals surface area (Å²) in [5.41, 5.74) is 1.66. The van der Waals surface area contributed by atoms with E-state index in [0.717, 1.165) is 51.4 Å².